The van der Waals surface area contributed by atoms with Crippen LogP contribution in [-0.4, -0.2) is 22.2 Å². The molecule has 1 saturated heterocycles. The van der Waals surface area contributed by atoms with Crippen LogP contribution in [0.3, 0.4) is 0 Å². The van der Waals surface area contributed by atoms with Crippen molar-refractivity contribution in [1.82, 2.24) is 10.3 Å². The van der Waals surface area contributed by atoms with E-state index in [2.05, 4.69) is 38.0 Å². The summed E-state index contributed by atoms with van der Waals surface area (Å²) in [6, 6.07) is 4.48. The second-order valence-electron chi connectivity index (χ2n) is 5.96. The molecule has 0 aliphatic carbocycles. The Morgan fingerprint density at radius 3 is 2.47 bits per heavy atom. The van der Waals surface area contributed by atoms with Gasteiger partial charge in [-0.25, -0.2) is 0 Å². The molecule has 1 N–H and O–H groups in total. The summed E-state index contributed by atoms with van der Waals surface area (Å²) in [7, 11) is 0. The van der Waals surface area contributed by atoms with Gasteiger partial charge in [0, 0.05) is 25.0 Å². The van der Waals surface area contributed by atoms with Gasteiger partial charge >= 0.3 is 0 Å². The molecular weight excluding hydrogens is 212 g/mol. The van der Waals surface area contributed by atoms with E-state index in [0.717, 1.165) is 13.0 Å². The van der Waals surface area contributed by atoms with Crippen LogP contribution in [0.4, 0.5) is 0 Å². The van der Waals surface area contributed by atoms with E-state index >= 15 is 0 Å². The van der Waals surface area contributed by atoms with Gasteiger partial charge in [-0.05, 0) is 51.8 Å². The van der Waals surface area contributed by atoms with Crippen LogP contribution in [0.25, 0.3) is 0 Å². The molecule has 94 valence electrons. The first kappa shape index (κ1) is 12.5. The smallest absolute Gasteiger partial charge is 0.0787 e. The van der Waals surface area contributed by atoms with Gasteiger partial charge < -0.3 is 10.1 Å². The van der Waals surface area contributed by atoms with Gasteiger partial charge in [0.25, 0.3) is 0 Å². The Balaban J connectivity index is 1.96. The van der Waals surface area contributed by atoms with Gasteiger partial charge in [-0.15, -0.1) is 0 Å². The molecular formula is C14H22N2O. The molecule has 2 rings (SSSR count). The molecule has 1 unspecified atom stereocenters. The molecule has 1 aliphatic rings. The summed E-state index contributed by atoms with van der Waals surface area (Å²) in [6.45, 7) is 9.50. The topological polar surface area (TPSA) is 34.2 Å². The maximum absolute atomic E-state index is 6.06. The number of hydrogen-bond acceptors (Lipinski definition) is 3. The molecule has 3 nitrogen and oxygen atoms in total. The van der Waals surface area contributed by atoms with Crippen LogP contribution in [0, 0.1) is 0 Å². The normalized spacial score (nSPS) is 26.0. The number of aromatic nitrogens is 1. The first-order valence-electron chi connectivity index (χ1n) is 6.21. The second kappa shape index (κ2) is 4.39. The van der Waals surface area contributed by atoms with Crippen molar-refractivity contribution in [3.63, 3.8) is 0 Å². The lowest BCUT2D eigenvalue weighted by Gasteiger charge is -2.27. The van der Waals surface area contributed by atoms with Crippen LogP contribution in [0.1, 0.15) is 39.7 Å². The van der Waals surface area contributed by atoms with E-state index in [1.807, 2.05) is 24.5 Å². The summed E-state index contributed by atoms with van der Waals surface area (Å²) in [4.78, 5) is 4.02. The maximum atomic E-state index is 6.06. The van der Waals surface area contributed by atoms with Crippen molar-refractivity contribution in [2.75, 3.05) is 0 Å². The summed E-state index contributed by atoms with van der Waals surface area (Å²) in [5.74, 6) is 0. The van der Waals surface area contributed by atoms with E-state index in [4.69, 9.17) is 4.74 Å². The molecule has 1 aromatic heterocycles. The van der Waals surface area contributed by atoms with Crippen LogP contribution in [0.15, 0.2) is 24.5 Å². The standard InChI is InChI=1S/C14H22N2O/c1-13(2)9-12(14(3,4)17-13)16-10-11-5-7-15-8-6-11/h5-8,12,16H,9-10H2,1-4H3. The quantitative estimate of drug-likeness (QED) is 0.872. The Kier molecular flexibility index (Phi) is 3.23. The highest BCUT2D eigenvalue weighted by Crippen LogP contribution is 2.37. The average Bonchev–Trinajstić information content (AvgIpc) is 2.45. The number of nitrogens with one attached hydrogen (secondary N) is 1. The molecule has 1 aromatic rings. The largest absolute Gasteiger partial charge is 0.368 e. The fourth-order valence-electron chi connectivity index (χ4n) is 2.62. The lowest BCUT2D eigenvalue weighted by Crippen LogP contribution is -2.42. The molecule has 0 aromatic carbocycles. The third-order valence-electron chi connectivity index (χ3n) is 3.38. The zero-order chi connectivity index (χ0) is 12.5. The van der Waals surface area contributed by atoms with E-state index < -0.39 is 0 Å². The summed E-state index contributed by atoms with van der Waals surface area (Å²) < 4.78 is 6.06. The van der Waals surface area contributed by atoms with E-state index in [1.54, 1.807) is 0 Å². The summed E-state index contributed by atoms with van der Waals surface area (Å²) in [6.07, 6.45) is 4.71. The van der Waals surface area contributed by atoms with Crippen LogP contribution in [0.5, 0.6) is 0 Å². The number of ether oxygens (including phenoxy) is 1. The number of hydrogen-bond donors (Lipinski definition) is 1. The number of nitrogens with zero attached hydrogens (tertiary/aromatic N) is 1. The van der Waals surface area contributed by atoms with Gasteiger partial charge in [0.15, 0.2) is 0 Å². The summed E-state index contributed by atoms with van der Waals surface area (Å²) >= 11 is 0. The van der Waals surface area contributed by atoms with Crippen molar-refractivity contribution in [3.05, 3.63) is 30.1 Å². The zero-order valence-corrected chi connectivity index (χ0v) is 11.2. The maximum Gasteiger partial charge on any atom is 0.0787 e. The van der Waals surface area contributed by atoms with E-state index in [1.165, 1.54) is 5.56 Å². The highest BCUT2D eigenvalue weighted by molar-refractivity contribution is 5.10. The highest BCUT2D eigenvalue weighted by atomic mass is 16.5. The van der Waals surface area contributed by atoms with Crippen LogP contribution < -0.4 is 5.32 Å². The van der Waals surface area contributed by atoms with Gasteiger partial charge in [-0.1, -0.05) is 0 Å². The molecule has 2 heterocycles. The molecule has 1 fully saturated rings. The number of rotatable bonds is 3. The zero-order valence-electron chi connectivity index (χ0n) is 11.2. The fourth-order valence-corrected chi connectivity index (χ4v) is 2.62. The molecule has 17 heavy (non-hydrogen) atoms. The Morgan fingerprint density at radius 1 is 1.29 bits per heavy atom. The van der Waals surface area contributed by atoms with Crippen molar-refractivity contribution in [1.29, 1.82) is 0 Å². The predicted molar refractivity (Wildman–Crippen MR) is 68.7 cm³/mol. The molecule has 0 saturated carbocycles. The predicted octanol–water partition coefficient (Wildman–Crippen LogP) is 2.52. The van der Waals surface area contributed by atoms with Crippen molar-refractivity contribution in [2.24, 2.45) is 0 Å². The van der Waals surface area contributed by atoms with Gasteiger partial charge in [0.1, 0.15) is 0 Å². The molecule has 1 aliphatic heterocycles. The first-order chi connectivity index (χ1) is 7.89. The Labute approximate surface area is 104 Å². The van der Waals surface area contributed by atoms with Crippen molar-refractivity contribution >= 4 is 0 Å². The SMILES string of the molecule is CC1(C)CC(NCc2ccncc2)C(C)(C)O1. The van der Waals surface area contributed by atoms with E-state index in [-0.39, 0.29) is 11.2 Å². The summed E-state index contributed by atoms with van der Waals surface area (Å²) in [5, 5.41) is 3.59. The van der Waals surface area contributed by atoms with Crippen molar-refractivity contribution in [3.8, 4) is 0 Å². The lowest BCUT2D eigenvalue weighted by molar-refractivity contribution is -0.0699. The minimum atomic E-state index is -0.101. The Hall–Kier alpha value is -0.930. The van der Waals surface area contributed by atoms with Crippen LogP contribution >= 0.6 is 0 Å². The fraction of sp³-hybridized carbons (Fsp3) is 0.643. The van der Waals surface area contributed by atoms with Crippen molar-refractivity contribution < 1.29 is 4.74 Å². The Bertz CT molecular complexity index is 373. The van der Waals surface area contributed by atoms with E-state index in [9.17, 15) is 0 Å². The molecule has 0 spiro atoms. The second-order valence-corrected chi connectivity index (χ2v) is 5.96. The van der Waals surface area contributed by atoms with Gasteiger partial charge in [0.2, 0.25) is 0 Å². The average molecular weight is 234 g/mol. The molecule has 0 amide bonds. The van der Waals surface area contributed by atoms with Gasteiger partial charge in [-0.3, -0.25) is 4.98 Å². The van der Waals surface area contributed by atoms with Gasteiger partial charge in [0.05, 0.1) is 11.2 Å². The van der Waals surface area contributed by atoms with Crippen LogP contribution in [0.2, 0.25) is 0 Å². The molecule has 1 atom stereocenters. The first-order valence-corrected chi connectivity index (χ1v) is 6.21. The van der Waals surface area contributed by atoms with Crippen LogP contribution in [-0.2, 0) is 11.3 Å². The monoisotopic (exact) mass is 234 g/mol. The van der Waals surface area contributed by atoms with Gasteiger partial charge in [-0.2, -0.15) is 0 Å². The third kappa shape index (κ3) is 3.05. The molecule has 3 heteroatoms. The highest BCUT2D eigenvalue weighted by Gasteiger charge is 2.45. The minimum Gasteiger partial charge on any atom is -0.368 e. The van der Waals surface area contributed by atoms with Crippen molar-refractivity contribution in [2.45, 2.75) is 57.9 Å². The minimum absolute atomic E-state index is 0.0284. The Morgan fingerprint density at radius 2 is 1.94 bits per heavy atom. The molecule has 0 radical (unpaired) electrons. The number of pyridine rings is 1. The summed E-state index contributed by atoms with van der Waals surface area (Å²) in [5.41, 5.74) is 1.14. The lowest BCUT2D eigenvalue weighted by atomic mass is 9.94. The third-order valence-corrected chi connectivity index (χ3v) is 3.38. The van der Waals surface area contributed by atoms with E-state index in [0.29, 0.717) is 6.04 Å². The molecule has 0 bridgehead atoms.